The van der Waals surface area contributed by atoms with Crippen LogP contribution in [0, 0.1) is 17.2 Å². The molecule has 1 aromatic heterocycles. The summed E-state index contributed by atoms with van der Waals surface area (Å²) in [6, 6.07) is 13.0. The van der Waals surface area contributed by atoms with Crippen LogP contribution in [-0.2, 0) is 19.1 Å². The molecule has 0 radical (unpaired) electrons. The number of hydrogen-bond acceptors (Lipinski definition) is 6. The number of nitrogens with zero attached hydrogens (tertiary/aromatic N) is 2. The monoisotopic (exact) mass is 397 g/mol. The minimum Gasteiger partial charge on any atom is -0.455 e. The fourth-order valence-electron chi connectivity index (χ4n) is 3.09. The van der Waals surface area contributed by atoms with Crippen molar-refractivity contribution in [2.75, 3.05) is 18.5 Å². The Morgan fingerprint density at radius 1 is 1.36 bits per heavy atom. The number of likely N-dealkylation sites (tertiary alicyclic amines) is 1. The first-order chi connectivity index (χ1) is 13.5. The molecule has 1 N–H and O–H groups in total. The SMILES string of the molecule is C[C@H](c1ccccc1)N1C[C@H](C(=O)OCC(=O)Nc2sccc2C#N)CC1=O. The van der Waals surface area contributed by atoms with Crippen molar-refractivity contribution < 1.29 is 19.1 Å². The predicted molar refractivity (Wildman–Crippen MR) is 103 cm³/mol. The number of ether oxygens (including phenoxy) is 1. The van der Waals surface area contributed by atoms with Crippen LogP contribution in [0.25, 0.3) is 0 Å². The number of carbonyl (C=O) groups excluding carboxylic acids is 3. The Hall–Kier alpha value is -3.18. The summed E-state index contributed by atoms with van der Waals surface area (Å²) in [7, 11) is 0. The molecule has 0 saturated carbocycles. The minimum absolute atomic E-state index is 0.0706. The molecule has 1 aliphatic heterocycles. The van der Waals surface area contributed by atoms with Crippen LogP contribution < -0.4 is 5.32 Å². The molecule has 2 atom stereocenters. The second kappa shape index (κ2) is 8.67. The van der Waals surface area contributed by atoms with Gasteiger partial charge in [-0.05, 0) is 23.9 Å². The molecule has 8 heteroatoms. The van der Waals surface area contributed by atoms with E-state index in [0.29, 0.717) is 10.6 Å². The van der Waals surface area contributed by atoms with Crippen LogP contribution in [0.3, 0.4) is 0 Å². The molecule has 2 heterocycles. The Labute approximate surface area is 166 Å². The fraction of sp³-hybridized carbons (Fsp3) is 0.300. The summed E-state index contributed by atoms with van der Waals surface area (Å²) in [5.74, 6) is -1.80. The van der Waals surface area contributed by atoms with E-state index in [2.05, 4.69) is 5.32 Å². The van der Waals surface area contributed by atoms with Gasteiger partial charge in [0.15, 0.2) is 6.61 Å². The standard InChI is InChI=1S/C20H19N3O4S/c1-13(14-5-3-2-4-6-14)23-11-16(9-18(23)25)20(26)27-12-17(24)22-19-15(10-21)7-8-28-19/h2-8,13,16H,9,11-12H2,1H3,(H,22,24)/t13-,16-/m1/s1. The van der Waals surface area contributed by atoms with E-state index in [1.165, 1.54) is 11.3 Å². The zero-order valence-corrected chi connectivity index (χ0v) is 16.1. The molecule has 2 aromatic rings. The van der Waals surface area contributed by atoms with E-state index >= 15 is 0 Å². The Morgan fingerprint density at radius 2 is 2.11 bits per heavy atom. The van der Waals surface area contributed by atoms with Gasteiger partial charge < -0.3 is 15.0 Å². The molecule has 1 aromatic carbocycles. The third kappa shape index (κ3) is 4.38. The van der Waals surface area contributed by atoms with E-state index in [1.54, 1.807) is 16.3 Å². The Balaban J connectivity index is 1.52. The second-order valence-electron chi connectivity index (χ2n) is 6.46. The van der Waals surface area contributed by atoms with Gasteiger partial charge in [0, 0.05) is 13.0 Å². The topological polar surface area (TPSA) is 99.5 Å². The van der Waals surface area contributed by atoms with Crippen molar-refractivity contribution in [3.05, 3.63) is 52.9 Å². The quantitative estimate of drug-likeness (QED) is 0.756. The third-order valence-electron chi connectivity index (χ3n) is 4.63. The maximum atomic E-state index is 12.3. The second-order valence-corrected chi connectivity index (χ2v) is 7.38. The Bertz CT molecular complexity index is 919. The number of rotatable bonds is 6. The lowest BCUT2D eigenvalue weighted by atomic mass is 10.1. The number of benzene rings is 1. The number of amides is 2. The van der Waals surface area contributed by atoms with Crippen LogP contribution in [0.5, 0.6) is 0 Å². The summed E-state index contributed by atoms with van der Waals surface area (Å²) in [6.07, 6.45) is 0.0706. The number of hydrogen-bond donors (Lipinski definition) is 1. The van der Waals surface area contributed by atoms with Crippen molar-refractivity contribution in [1.29, 1.82) is 5.26 Å². The summed E-state index contributed by atoms with van der Waals surface area (Å²) in [5, 5.41) is 13.6. The average molecular weight is 397 g/mol. The van der Waals surface area contributed by atoms with Crippen molar-refractivity contribution in [3.8, 4) is 6.07 Å². The lowest BCUT2D eigenvalue weighted by Crippen LogP contribution is -2.30. The van der Waals surface area contributed by atoms with Gasteiger partial charge in [-0.25, -0.2) is 0 Å². The summed E-state index contributed by atoms with van der Waals surface area (Å²) in [6.45, 7) is 1.72. The molecular formula is C20H19N3O4S. The van der Waals surface area contributed by atoms with Crippen LogP contribution in [0.1, 0.15) is 30.5 Å². The normalized spacial score (nSPS) is 17.1. The van der Waals surface area contributed by atoms with Gasteiger partial charge in [0.1, 0.15) is 11.1 Å². The van der Waals surface area contributed by atoms with Gasteiger partial charge in [0.2, 0.25) is 5.91 Å². The number of anilines is 1. The van der Waals surface area contributed by atoms with Crippen LogP contribution in [0.4, 0.5) is 5.00 Å². The molecule has 3 rings (SSSR count). The molecule has 7 nitrogen and oxygen atoms in total. The molecule has 0 bridgehead atoms. The fourth-order valence-corrected chi connectivity index (χ4v) is 3.84. The van der Waals surface area contributed by atoms with Crippen LogP contribution in [0.15, 0.2) is 41.8 Å². The molecular weight excluding hydrogens is 378 g/mol. The van der Waals surface area contributed by atoms with Crippen LogP contribution >= 0.6 is 11.3 Å². The molecule has 144 valence electrons. The molecule has 0 spiro atoms. The molecule has 1 fully saturated rings. The van der Waals surface area contributed by atoms with Gasteiger partial charge >= 0.3 is 5.97 Å². The van der Waals surface area contributed by atoms with Gasteiger partial charge in [-0.2, -0.15) is 5.26 Å². The van der Waals surface area contributed by atoms with Crippen molar-refractivity contribution in [2.24, 2.45) is 5.92 Å². The lowest BCUT2D eigenvalue weighted by Gasteiger charge is -2.25. The molecule has 28 heavy (non-hydrogen) atoms. The van der Waals surface area contributed by atoms with E-state index in [1.807, 2.05) is 43.3 Å². The highest BCUT2D eigenvalue weighted by molar-refractivity contribution is 7.14. The van der Waals surface area contributed by atoms with E-state index < -0.39 is 24.4 Å². The number of thiophene rings is 1. The van der Waals surface area contributed by atoms with Crippen molar-refractivity contribution in [2.45, 2.75) is 19.4 Å². The summed E-state index contributed by atoms with van der Waals surface area (Å²) in [5.41, 5.74) is 1.35. The highest BCUT2D eigenvalue weighted by atomic mass is 32.1. The summed E-state index contributed by atoms with van der Waals surface area (Å²) < 4.78 is 5.08. The van der Waals surface area contributed by atoms with Crippen LogP contribution in [0.2, 0.25) is 0 Å². The first-order valence-electron chi connectivity index (χ1n) is 8.78. The number of esters is 1. The van der Waals surface area contributed by atoms with Crippen LogP contribution in [-0.4, -0.2) is 35.8 Å². The van der Waals surface area contributed by atoms with Gasteiger partial charge in [-0.15, -0.1) is 11.3 Å². The largest absolute Gasteiger partial charge is 0.455 e. The highest BCUT2D eigenvalue weighted by Gasteiger charge is 2.38. The van der Waals surface area contributed by atoms with Crippen molar-refractivity contribution in [3.63, 3.8) is 0 Å². The van der Waals surface area contributed by atoms with Gasteiger partial charge in [0.05, 0.1) is 17.5 Å². The maximum absolute atomic E-state index is 12.3. The minimum atomic E-state index is -0.595. The molecule has 2 amide bonds. The number of carbonyl (C=O) groups is 3. The van der Waals surface area contributed by atoms with Gasteiger partial charge in [-0.3, -0.25) is 14.4 Å². The summed E-state index contributed by atoms with van der Waals surface area (Å²) >= 11 is 1.22. The van der Waals surface area contributed by atoms with E-state index in [9.17, 15) is 14.4 Å². The van der Waals surface area contributed by atoms with Crippen molar-refractivity contribution >= 4 is 34.1 Å². The van der Waals surface area contributed by atoms with E-state index in [4.69, 9.17) is 10.00 Å². The lowest BCUT2D eigenvalue weighted by molar-refractivity contribution is -0.151. The first-order valence-corrected chi connectivity index (χ1v) is 9.66. The number of nitriles is 1. The zero-order valence-electron chi connectivity index (χ0n) is 15.3. The van der Waals surface area contributed by atoms with Gasteiger partial charge in [0.25, 0.3) is 5.91 Å². The predicted octanol–water partition coefficient (Wildman–Crippen LogP) is 2.71. The highest BCUT2D eigenvalue weighted by Crippen LogP contribution is 2.29. The summed E-state index contributed by atoms with van der Waals surface area (Å²) in [4.78, 5) is 38.2. The smallest absolute Gasteiger partial charge is 0.311 e. The number of nitrogens with one attached hydrogen (secondary N) is 1. The molecule has 0 unspecified atom stereocenters. The molecule has 1 saturated heterocycles. The van der Waals surface area contributed by atoms with Gasteiger partial charge in [-0.1, -0.05) is 30.3 Å². The maximum Gasteiger partial charge on any atom is 0.311 e. The van der Waals surface area contributed by atoms with E-state index in [-0.39, 0.29) is 24.9 Å². The molecule has 1 aliphatic rings. The Kier molecular flexibility index (Phi) is 6.06. The zero-order chi connectivity index (χ0) is 20.1. The molecule has 0 aliphatic carbocycles. The average Bonchev–Trinajstić information content (AvgIpc) is 3.32. The van der Waals surface area contributed by atoms with E-state index in [0.717, 1.165) is 5.56 Å². The third-order valence-corrected chi connectivity index (χ3v) is 5.46. The first kappa shape index (κ1) is 19.6. The van der Waals surface area contributed by atoms with Crippen molar-refractivity contribution in [1.82, 2.24) is 4.90 Å². The Morgan fingerprint density at radius 3 is 2.82 bits per heavy atom.